The van der Waals surface area contributed by atoms with Crippen molar-refractivity contribution >= 4 is 56.3 Å². The Labute approximate surface area is 250 Å². The molecule has 2 aromatic heterocycles. The first kappa shape index (κ1) is 25.9. The van der Waals surface area contributed by atoms with Crippen molar-refractivity contribution in [2.24, 2.45) is 4.99 Å². The first-order valence-electron chi connectivity index (χ1n) is 12.8. The summed E-state index contributed by atoms with van der Waals surface area (Å²) in [7, 11) is 0. The molecule has 2 aliphatic rings. The Bertz CT molecular complexity index is 2090. The third-order valence-electron chi connectivity index (χ3n) is 7.38. The van der Waals surface area contributed by atoms with Crippen LogP contribution in [0.5, 0.6) is 0 Å². The number of thiazole rings is 1. The number of fused-ring (bicyclic) bond motifs is 3. The molecule has 3 aromatic carbocycles. The van der Waals surface area contributed by atoms with E-state index >= 15 is 0 Å². The highest BCUT2D eigenvalue weighted by Crippen LogP contribution is 2.41. The summed E-state index contributed by atoms with van der Waals surface area (Å²) < 4.78 is 9.17. The van der Waals surface area contributed by atoms with E-state index in [2.05, 4.69) is 28.1 Å². The van der Waals surface area contributed by atoms with E-state index in [-0.39, 0.29) is 22.3 Å². The van der Waals surface area contributed by atoms with Crippen LogP contribution >= 0.6 is 38.9 Å². The minimum Gasteiger partial charge on any atom is -0.456 e. The van der Waals surface area contributed by atoms with E-state index in [9.17, 15) is 14.9 Å². The number of hydrogen-bond acceptors (Lipinski definition) is 6. The number of aryl methyl sites for hydroxylation is 1. The van der Waals surface area contributed by atoms with Gasteiger partial charge in [0.1, 0.15) is 11.5 Å². The maximum absolute atomic E-state index is 14.0. The number of nitro benzene ring substituents is 1. The van der Waals surface area contributed by atoms with E-state index in [1.807, 2.05) is 36.4 Å². The van der Waals surface area contributed by atoms with Crippen LogP contribution < -0.4 is 14.9 Å². The topological polar surface area (TPSA) is 90.6 Å². The summed E-state index contributed by atoms with van der Waals surface area (Å²) >= 11 is 10.8. The molecule has 0 saturated carbocycles. The zero-order valence-electron chi connectivity index (χ0n) is 21.2. The molecule has 7 rings (SSSR count). The second-order valence-electron chi connectivity index (χ2n) is 9.79. The molecule has 0 saturated heterocycles. The van der Waals surface area contributed by atoms with Crippen LogP contribution in [0.15, 0.2) is 103 Å². The van der Waals surface area contributed by atoms with Crippen LogP contribution in [0, 0.1) is 10.1 Å². The Kier molecular flexibility index (Phi) is 6.37. The maximum atomic E-state index is 14.0. The van der Waals surface area contributed by atoms with Crippen molar-refractivity contribution in [1.29, 1.82) is 0 Å². The lowest BCUT2D eigenvalue weighted by atomic mass is 9.83. The smallest absolute Gasteiger partial charge is 0.281 e. The predicted molar refractivity (Wildman–Crippen MR) is 163 cm³/mol. The van der Waals surface area contributed by atoms with Crippen molar-refractivity contribution in [3.05, 3.63) is 146 Å². The van der Waals surface area contributed by atoms with Crippen LogP contribution in [-0.4, -0.2) is 9.49 Å². The normalized spacial score (nSPS) is 16.1. The molecule has 0 spiro atoms. The molecule has 41 heavy (non-hydrogen) atoms. The lowest BCUT2D eigenvalue weighted by Gasteiger charge is -2.30. The fourth-order valence-corrected chi connectivity index (χ4v) is 6.95. The highest BCUT2D eigenvalue weighted by Gasteiger charge is 2.32. The molecule has 202 valence electrons. The van der Waals surface area contributed by atoms with Gasteiger partial charge >= 0.3 is 0 Å². The zero-order chi connectivity index (χ0) is 28.2. The van der Waals surface area contributed by atoms with Gasteiger partial charge in [-0.25, -0.2) is 4.99 Å². The summed E-state index contributed by atoms with van der Waals surface area (Å²) in [6, 6.07) is 23.8. The number of nitro groups is 1. The lowest BCUT2D eigenvalue weighted by Crippen LogP contribution is -2.38. The quantitative estimate of drug-likeness (QED) is 0.157. The van der Waals surface area contributed by atoms with Crippen LogP contribution in [0.25, 0.3) is 23.1 Å². The Hall–Kier alpha value is -4.05. The molecule has 10 heteroatoms. The zero-order valence-corrected chi connectivity index (χ0v) is 24.4. The van der Waals surface area contributed by atoms with Crippen molar-refractivity contribution in [2.45, 2.75) is 18.9 Å². The van der Waals surface area contributed by atoms with Crippen molar-refractivity contribution < 1.29 is 9.34 Å². The van der Waals surface area contributed by atoms with Gasteiger partial charge in [0.2, 0.25) is 0 Å². The van der Waals surface area contributed by atoms with Gasteiger partial charge in [-0.15, -0.1) is 0 Å². The molecule has 5 aromatic rings. The molecule has 0 bridgehead atoms. The van der Waals surface area contributed by atoms with E-state index in [1.165, 1.54) is 23.0 Å². The van der Waals surface area contributed by atoms with Gasteiger partial charge in [-0.2, -0.15) is 0 Å². The highest BCUT2D eigenvalue weighted by molar-refractivity contribution is 9.10. The number of aromatic nitrogens is 1. The number of nitrogens with zero attached hydrogens (tertiary/aromatic N) is 3. The standard InChI is InChI=1S/C31H19BrClN3O4S/c32-19-8-5-18(6-9-19)29-24-12-7-17-3-1-2-4-22(17)28(24)34-31-35(29)30(37)27(41-31)16-21-11-14-26(40-21)23-13-10-20(33)15-25(23)36(38)39/h1-6,8-11,13-16,29H,7,12H2/b27-16+/t29-/m0/s1. The molecule has 0 radical (unpaired) electrons. The largest absolute Gasteiger partial charge is 0.456 e. The summed E-state index contributed by atoms with van der Waals surface area (Å²) in [6.45, 7) is 0. The third kappa shape index (κ3) is 4.50. The summed E-state index contributed by atoms with van der Waals surface area (Å²) in [4.78, 5) is 30.7. The van der Waals surface area contributed by atoms with Crippen molar-refractivity contribution in [3.63, 3.8) is 0 Å². The number of hydrogen-bond donors (Lipinski definition) is 0. The maximum Gasteiger partial charge on any atom is 0.281 e. The number of allylic oxidation sites excluding steroid dienone is 1. The average Bonchev–Trinajstić information content (AvgIpc) is 3.56. The Balaban J connectivity index is 1.38. The molecular weight excluding hydrogens is 626 g/mol. The first-order chi connectivity index (χ1) is 19.9. The minimum absolute atomic E-state index is 0.155. The Morgan fingerprint density at radius 3 is 2.66 bits per heavy atom. The van der Waals surface area contributed by atoms with E-state index in [1.54, 1.807) is 34.9 Å². The average molecular weight is 645 g/mol. The van der Waals surface area contributed by atoms with Gasteiger partial charge in [0.25, 0.3) is 11.2 Å². The van der Waals surface area contributed by atoms with E-state index in [4.69, 9.17) is 21.0 Å². The fourth-order valence-electron chi connectivity index (χ4n) is 5.54. The highest BCUT2D eigenvalue weighted by atomic mass is 79.9. The van der Waals surface area contributed by atoms with Crippen LogP contribution in [0.3, 0.4) is 0 Å². The molecule has 1 aliphatic heterocycles. The summed E-state index contributed by atoms with van der Waals surface area (Å²) in [6.07, 6.45) is 3.36. The lowest BCUT2D eigenvalue weighted by molar-refractivity contribution is -0.384. The minimum atomic E-state index is -0.497. The predicted octanol–water partition coefficient (Wildman–Crippen LogP) is 6.90. The Morgan fingerprint density at radius 1 is 1.05 bits per heavy atom. The second-order valence-corrected chi connectivity index (χ2v) is 12.1. The SMILES string of the molecule is O=c1/c(=C\c2ccc(-c3ccc(Cl)cc3[N+](=O)[O-])o2)sc2n1[C@@H](c1ccc(Br)cc1)C1=C(N=2)c2ccccc2CC1. The van der Waals surface area contributed by atoms with Crippen molar-refractivity contribution in [3.8, 4) is 11.3 Å². The molecule has 0 N–H and O–H groups in total. The monoisotopic (exact) mass is 643 g/mol. The summed E-state index contributed by atoms with van der Waals surface area (Å²) in [5.74, 6) is 0.719. The van der Waals surface area contributed by atoms with Crippen LogP contribution in [0.2, 0.25) is 5.02 Å². The van der Waals surface area contributed by atoms with Crippen molar-refractivity contribution in [2.75, 3.05) is 0 Å². The second kappa shape index (κ2) is 10.1. The molecule has 1 aliphatic carbocycles. The number of halogens is 2. The summed E-state index contributed by atoms with van der Waals surface area (Å²) in [5, 5.41) is 11.9. The molecule has 0 unspecified atom stereocenters. The first-order valence-corrected chi connectivity index (χ1v) is 14.8. The molecule has 0 amide bonds. The van der Waals surface area contributed by atoms with Gasteiger partial charge in [-0.05, 0) is 65.9 Å². The molecule has 3 heterocycles. The van der Waals surface area contributed by atoms with Crippen LogP contribution in [0.1, 0.15) is 34.9 Å². The molecular formula is C31H19BrClN3O4S. The van der Waals surface area contributed by atoms with Gasteiger partial charge in [0.15, 0.2) is 4.80 Å². The Morgan fingerprint density at radius 2 is 1.85 bits per heavy atom. The van der Waals surface area contributed by atoms with Gasteiger partial charge < -0.3 is 4.42 Å². The van der Waals surface area contributed by atoms with E-state index < -0.39 is 4.92 Å². The number of furan rings is 1. The van der Waals surface area contributed by atoms with Gasteiger partial charge in [-0.3, -0.25) is 19.5 Å². The van der Waals surface area contributed by atoms with E-state index in [0.29, 0.717) is 26.4 Å². The van der Waals surface area contributed by atoms with Gasteiger partial charge in [-0.1, -0.05) is 75.3 Å². The molecule has 7 nitrogen and oxygen atoms in total. The third-order valence-corrected chi connectivity index (χ3v) is 9.13. The van der Waals surface area contributed by atoms with Crippen LogP contribution in [-0.2, 0) is 6.42 Å². The number of benzene rings is 3. The van der Waals surface area contributed by atoms with E-state index in [0.717, 1.165) is 39.7 Å². The van der Waals surface area contributed by atoms with Crippen LogP contribution in [0.4, 0.5) is 5.69 Å². The van der Waals surface area contributed by atoms with Gasteiger partial charge in [0, 0.05) is 27.2 Å². The molecule has 1 atom stereocenters. The summed E-state index contributed by atoms with van der Waals surface area (Å²) in [5.41, 5.74) is 5.42. The fraction of sp³-hybridized carbons (Fsp3) is 0.0968. The van der Waals surface area contributed by atoms with Gasteiger partial charge in [0.05, 0.1) is 26.8 Å². The molecule has 0 fully saturated rings. The number of rotatable bonds is 4. The van der Waals surface area contributed by atoms with Crippen molar-refractivity contribution in [1.82, 2.24) is 4.57 Å².